The van der Waals surface area contributed by atoms with Gasteiger partial charge in [-0.1, -0.05) is 19.8 Å². The molecule has 4 heteroatoms. The van der Waals surface area contributed by atoms with E-state index >= 15 is 0 Å². The molecule has 2 rings (SSSR count). The van der Waals surface area contributed by atoms with Crippen LogP contribution in [0.15, 0.2) is 0 Å². The molecular weight excluding hydrogens is 240 g/mol. The molecular formula is C15H28N2O2. The maximum atomic E-state index is 12.1. The van der Waals surface area contributed by atoms with Gasteiger partial charge in [-0.05, 0) is 38.3 Å². The number of rotatable bonds is 6. The number of nitrogens with zero attached hydrogens (tertiary/aromatic N) is 2. The summed E-state index contributed by atoms with van der Waals surface area (Å²) in [5.74, 6) is 1.59. The molecule has 2 fully saturated rings. The number of carbonyl (C=O) groups is 1. The Morgan fingerprint density at radius 1 is 1.21 bits per heavy atom. The number of piperidine rings is 1. The highest BCUT2D eigenvalue weighted by molar-refractivity contribution is 5.77. The molecule has 2 aliphatic heterocycles. The minimum Gasteiger partial charge on any atom is -0.372 e. The van der Waals surface area contributed by atoms with Gasteiger partial charge in [0, 0.05) is 26.2 Å². The second-order valence-corrected chi connectivity index (χ2v) is 6.13. The van der Waals surface area contributed by atoms with Crippen LogP contribution in [0.3, 0.4) is 0 Å². The van der Waals surface area contributed by atoms with Crippen molar-refractivity contribution < 1.29 is 9.53 Å². The normalized spacial score (nSPS) is 27.6. The van der Waals surface area contributed by atoms with E-state index in [1.165, 1.54) is 25.8 Å². The van der Waals surface area contributed by atoms with Crippen molar-refractivity contribution in [2.45, 2.75) is 32.6 Å². The fourth-order valence-electron chi connectivity index (χ4n) is 3.26. The van der Waals surface area contributed by atoms with Gasteiger partial charge in [0.1, 0.15) is 6.61 Å². The largest absolute Gasteiger partial charge is 0.372 e. The van der Waals surface area contributed by atoms with Crippen molar-refractivity contribution in [3.8, 4) is 0 Å². The van der Waals surface area contributed by atoms with Gasteiger partial charge in [0.05, 0.1) is 0 Å². The van der Waals surface area contributed by atoms with E-state index in [9.17, 15) is 4.79 Å². The Bertz CT molecular complexity index is 296. The number of ether oxygens (including phenoxy) is 1. The Kier molecular flexibility index (Phi) is 5.64. The van der Waals surface area contributed by atoms with Crippen LogP contribution in [0.5, 0.6) is 0 Å². The highest BCUT2D eigenvalue weighted by atomic mass is 16.5. The third kappa shape index (κ3) is 4.18. The Balaban J connectivity index is 1.67. The average molecular weight is 268 g/mol. The second kappa shape index (κ2) is 7.25. The molecule has 0 aromatic rings. The fraction of sp³-hybridized carbons (Fsp3) is 0.933. The number of carbonyl (C=O) groups excluding carboxylic acids is 1. The molecule has 0 saturated carbocycles. The Morgan fingerprint density at radius 3 is 2.79 bits per heavy atom. The predicted octanol–water partition coefficient (Wildman–Crippen LogP) is 1.60. The van der Waals surface area contributed by atoms with Crippen LogP contribution in [0, 0.1) is 11.8 Å². The Morgan fingerprint density at radius 2 is 2.00 bits per heavy atom. The minimum atomic E-state index is 0.188. The summed E-state index contributed by atoms with van der Waals surface area (Å²) in [5, 5.41) is 0. The SMILES string of the molecule is CCCCCOCC(=O)N1C[C@H]2CN(C)CC[C@H]2C1. The van der Waals surface area contributed by atoms with Gasteiger partial charge in [-0.25, -0.2) is 0 Å². The lowest BCUT2D eigenvalue weighted by molar-refractivity contribution is -0.135. The van der Waals surface area contributed by atoms with E-state index < -0.39 is 0 Å². The van der Waals surface area contributed by atoms with Gasteiger partial charge in [0.25, 0.3) is 0 Å². The summed E-state index contributed by atoms with van der Waals surface area (Å²) in [6.45, 7) is 7.39. The van der Waals surface area contributed by atoms with Gasteiger partial charge in [0.2, 0.25) is 5.91 Å². The van der Waals surface area contributed by atoms with Gasteiger partial charge < -0.3 is 14.5 Å². The number of amides is 1. The van der Waals surface area contributed by atoms with Gasteiger partial charge in [-0.15, -0.1) is 0 Å². The van der Waals surface area contributed by atoms with Crippen LogP contribution in [-0.2, 0) is 9.53 Å². The van der Waals surface area contributed by atoms with Crippen LogP contribution >= 0.6 is 0 Å². The Hall–Kier alpha value is -0.610. The number of hydrogen-bond acceptors (Lipinski definition) is 3. The fourth-order valence-corrected chi connectivity index (χ4v) is 3.26. The molecule has 2 aliphatic rings. The summed E-state index contributed by atoms with van der Waals surface area (Å²) in [6, 6.07) is 0. The van der Waals surface area contributed by atoms with Crippen LogP contribution in [-0.4, -0.2) is 62.1 Å². The number of hydrogen-bond donors (Lipinski definition) is 0. The van der Waals surface area contributed by atoms with Crippen molar-refractivity contribution in [2.24, 2.45) is 11.8 Å². The van der Waals surface area contributed by atoms with Crippen molar-refractivity contribution in [1.29, 1.82) is 0 Å². The van der Waals surface area contributed by atoms with E-state index in [1.54, 1.807) is 0 Å². The summed E-state index contributed by atoms with van der Waals surface area (Å²) < 4.78 is 5.48. The molecule has 110 valence electrons. The zero-order valence-electron chi connectivity index (χ0n) is 12.4. The first-order valence-electron chi connectivity index (χ1n) is 7.74. The quantitative estimate of drug-likeness (QED) is 0.686. The van der Waals surface area contributed by atoms with E-state index in [-0.39, 0.29) is 12.5 Å². The van der Waals surface area contributed by atoms with E-state index in [2.05, 4.69) is 18.9 Å². The zero-order valence-corrected chi connectivity index (χ0v) is 12.4. The molecule has 0 spiro atoms. The van der Waals surface area contributed by atoms with Gasteiger partial charge in [0.15, 0.2) is 0 Å². The number of fused-ring (bicyclic) bond motifs is 1. The first-order chi connectivity index (χ1) is 9.20. The Labute approximate surface area is 117 Å². The summed E-state index contributed by atoms with van der Waals surface area (Å²) >= 11 is 0. The first-order valence-corrected chi connectivity index (χ1v) is 7.74. The molecule has 2 saturated heterocycles. The van der Waals surface area contributed by atoms with Crippen molar-refractivity contribution in [1.82, 2.24) is 9.80 Å². The van der Waals surface area contributed by atoms with Gasteiger partial charge in [-0.2, -0.15) is 0 Å². The molecule has 0 radical (unpaired) electrons. The monoisotopic (exact) mass is 268 g/mol. The second-order valence-electron chi connectivity index (χ2n) is 6.13. The minimum absolute atomic E-state index is 0.188. The average Bonchev–Trinajstić information content (AvgIpc) is 2.81. The lowest BCUT2D eigenvalue weighted by Crippen LogP contribution is -2.37. The molecule has 0 bridgehead atoms. The van der Waals surface area contributed by atoms with Crippen molar-refractivity contribution in [3.63, 3.8) is 0 Å². The standard InChI is InChI=1S/C15H28N2O2/c1-3-4-5-8-19-12-15(18)17-10-13-6-7-16(2)9-14(13)11-17/h13-14H,3-12H2,1-2H3/t13-,14+/m0/s1. The molecule has 0 unspecified atom stereocenters. The third-order valence-electron chi connectivity index (χ3n) is 4.47. The maximum absolute atomic E-state index is 12.1. The van der Waals surface area contributed by atoms with E-state index in [4.69, 9.17) is 4.74 Å². The number of likely N-dealkylation sites (tertiary alicyclic amines) is 2. The molecule has 4 nitrogen and oxygen atoms in total. The van der Waals surface area contributed by atoms with Crippen LogP contribution in [0.25, 0.3) is 0 Å². The smallest absolute Gasteiger partial charge is 0.248 e. The van der Waals surface area contributed by atoms with E-state index in [1.807, 2.05) is 4.90 Å². The number of unbranched alkanes of at least 4 members (excludes halogenated alkanes) is 2. The highest BCUT2D eigenvalue weighted by Crippen LogP contribution is 2.30. The van der Waals surface area contributed by atoms with Crippen molar-refractivity contribution in [2.75, 3.05) is 46.4 Å². The van der Waals surface area contributed by atoms with Gasteiger partial charge in [-0.3, -0.25) is 4.79 Å². The highest BCUT2D eigenvalue weighted by Gasteiger charge is 2.37. The molecule has 0 aliphatic carbocycles. The molecule has 2 atom stereocenters. The predicted molar refractivity (Wildman–Crippen MR) is 76.0 cm³/mol. The van der Waals surface area contributed by atoms with Crippen LogP contribution < -0.4 is 0 Å². The van der Waals surface area contributed by atoms with Crippen molar-refractivity contribution >= 4 is 5.91 Å². The topological polar surface area (TPSA) is 32.8 Å². The molecule has 0 aromatic carbocycles. The molecule has 19 heavy (non-hydrogen) atoms. The summed E-state index contributed by atoms with van der Waals surface area (Å²) in [6.07, 6.45) is 4.69. The van der Waals surface area contributed by atoms with Crippen LogP contribution in [0.2, 0.25) is 0 Å². The molecule has 2 heterocycles. The van der Waals surface area contributed by atoms with Crippen LogP contribution in [0.4, 0.5) is 0 Å². The van der Waals surface area contributed by atoms with Gasteiger partial charge >= 0.3 is 0 Å². The van der Waals surface area contributed by atoms with Crippen LogP contribution in [0.1, 0.15) is 32.6 Å². The molecule has 0 aromatic heterocycles. The lowest BCUT2D eigenvalue weighted by atomic mass is 9.89. The lowest BCUT2D eigenvalue weighted by Gasteiger charge is -2.31. The van der Waals surface area contributed by atoms with E-state index in [0.29, 0.717) is 5.92 Å². The maximum Gasteiger partial charge on any atom is 0.248 e. The molecule has 1 amide bonds. The first kappa shape index (κ1) is 14.8. The summed E-state index contributed by atoms with van der Waals surface area (Å²) in [7, 11) is 2.18. The summed E-state index contributed by atoms with van der Waals surface area (Å²) in [5.41, 5.74) is 0. The van der Waals surface area contributed by atoms with Crippen molar-refractivity contribution in [3.05, 3.63) is 0 Å². The third-order valence-corrected chi connectivity index (χ3v) is 4.47. The zero-order chi connectivity index (χ0) is 13.7. The summed E-state index contributed by atoms with van der Waals surface area (Å²) in [4.78, 5) is 16.5. The molecule has 0 N–H and O–H groups in total. The van der Waals surface area contributed by atoms with E-state index in [0.717, 1.165) is 38.6 Å².